The van der Waals surface area contributed by atoms with Crippen molar-refractivity contribution in [3.05, 3.63) is 0 Å². The van der Waals surface area contributed by atoms with E-state index in [-0.39, 0.29) is 5.91 Å². The molecule has 1 amide bonds. The second-order valence-corrected chi connectivity index (χ2v) is 5.45. The first kappa shape index (κ1) is 11.9. The second-order valence-electron chi connectivity index (χ2n) is 5.45. The Bertz CT molecular complexity index is 255. The lowest BCUT2D eigenvalue weighted by Gasteiger charge is -2.29. The van der Waals surface area contributed by atoms with Crippen LogP contribution in [-0.4, -0.2) is 43.0 Å². The number of hydrogen-bond donors (Lipinski definition) is 2. The van der Waals surface area contributed by atoms with Crippen LogP contribution in [0, 0.1) is 5.92 Å². The number of piperidine rings is 1. The van der Waals surface area contributed by atoms with Gasteiger partial charge in [0.2, 0.25) is 5.91 Å². The number of carbonyl (C=O) groups excluding carboxylic acids is 1. The third kappa shape index (κ3) is 2.95. The molecule has 2 fully saturated rings. The summed E-state index contributed by atoms with van der Waals surface area (Å²) in [6, 6.07) is 0. The van der Waals surface area contributed by atoms with E-state index in [1.54, 1.807) is 0 Å². The normalized spacial score (nSPS) is 25.4. The molecule has 2 aliphatic rings. The average Bonchev–Trinajstić information content (AvgIpc) is 3.01. The van der Waals surface area contributed by atoms with Crippen molar-refractivity contribution in [3.8, 4) is 0 Å². The molecule has 0 aromatic carbocycles. The molecule has 1 saturated heterocycles. The molecule has 92 valence electrons. The molecule has 4 nitrogen and oxygen atoms in total. The van der Waals surface area contributed by atoms with E-state index in [2.05, 4.69) is 17.3 Å². The molecule has 1 saturated carbocycles. The van der Waals surface area contributed by atoms with Gasteiger partial charge in [0.15, 0.2) is 0 Å². The number of likely N-dealkylation sites (tertiary alicyclic amines) is 1. The standard InChI is InChI=1S/C12H23N3O/c1-15-8-3-10(4-9-15)2-7-14-11(16)12(13)5-6-12/h10H,2-9,13H2,1H3,(H,14,16). The van der Waals surface area contributed by atoms with Crippen molar-refractivity contribution < 1.29 is 4.79 Å². The SMILES string of the molecule is CN1CCC(CCNC(=O)C2(N)CC2)CC1. The van der Waals surface area contributed by atoms with E-state index in [9.17, 15) is 4.79 Å². The van der Waals surface area contributed by atoms with Gasteiger partial charge in [-0.2, -0.15) is 0 Å². The fourth-order valence-electron chi connectivity index (χ4n) is 2.28. The molecular weight excluding hydrogens is 202 g/mol. The highest BCUT2D eigenvalue weighted by atomic mass is 16.2. The van der Waals surface area contributed by atoms with Gasteiger partial charge in [0.25, 0.3) is 0 Å². The first-order valence-corrected chi connectivity index (χ1v) is 6.36. The van der Waals surface area contributed by atoms with Gasteiger partial charge >= 0.3 is 0 Å². The molecule has 0 atom stereocenters. The maximum atomic E-state index is 11.6. The minimum atomic E-state index is -0.507. The van der Waals surface area contributed by atoms with Crippen LogP contribution in [0.25, 0.3) is 0 Å². The van der Waals surface area contributed by atoms with Gasteiger partial charge < -0.3 is 16.0 Å². The minimum Gasteiger partial charge on any atom is -0.354 e. The van der Waals surface area contributed by atoms with Gasteiger partial charge in [-0.15, -0.1) is 0 Å². The molecule has 4 heteroatoms. The highest BCUT2D eigenvalue weighted by Crippen LogP contribution is 2.32. The highest BCUT2D eigenvalue weighted by molar-refractivity contribution is 5.88. The number of nitrogens with one attached hydrogen (secondary N) is 1. The zero-order valence-corrected chi connectivity index (χ0v) is 10.2. The quantitative estimate of drug-likeness (QED) is 0.725. The minimum absolute atomic E-state index is 0.0560. The van der Waals surface area contributed by atoms with Crippen LogP contribution >= 0.6 is 0 Å². The van der Waals surface area contributed by atoms with Crippen molar-refractivity contribution in [3.63, 3.8) is 0 Å². The Hall–Kier alpha value is -0.610. The number of hydrogen-bond acceptors (Lipinski definition) is 3. The summed E-state index contributed by atoms with van der Waals surface area (Å²) in [4.78, 5) is 13.9. The first-order valence-electron chi connectivity index (χ1n) is 6.36. The lowest BCUT2D eigenvalue weighted by atomic mass is 9.94. The number of nitrogens with two attached hydrogens (primary N) is 1. The Balaban J connectivity index is 1.59. The Kier molecular flexibility index (Phi) is 3.50. The molecule has 0 aromatic rings. The van der Waals surface area contributed by atoms with Gasteiger partial charge in [-0.05, 0) is 58.2 Å². The smallest absolute Gasteiger partial charge is 0.240 e. The van der Waals surface area contributed by atoms with E-state index in [4.69, 9.17) is 5.73 Å². The Morgan fingerprint density at radius 3 is 2.62 bits per heavy atom. The molecule has 0 unspecified atom stereocenters. The van der Waals surface area contributed by atoms with Crippen LogP contribution in [-0.2, 0) is 4.79 Å². The van der Waals surface area contributed by atoms with Crippen LogP contribution in [0.5, 0.6) is 0 Å². The molecule has 0 aromatic heterocycles. The van der Waals surface area contributed by atoms with Crippen LogP contribution < -0.4 is 11.1 Å². The van der Waals surface area contributed by atoms with Gasteiger partial charge in [0.05, 0.1) is 5.54 Å². The number of rotatable bonds is 4. The first-order chi connectivity index (χ1) is 7.60. The Morgan fingerprint density at radius 1 is 1.44 bits per heavy atom. The van der Waals surface area contributed by atoms with Crippen molar-refractivity contribution in [1.29, 1.82) is 0 Å². The fourth-order valence-corrected chi connectivity index (χ4v) is 2.28. The summed E-state index contributed by atoms with van der Waals surface area (Å²) < 4.78 is 0. The van der Waals surface area contributed by atoms with Gasteiger partial charge in [-0.1, -0.05) is 0 Å². The number of nitrogens with zero attached hydrogens (tertiary/aromatic N) is 1. The summed E-state index contributed by atoms with van der Waals surface area (Å²) in [6.45, 7) is 3.19. The zero-order chi connectivity index (χ0) is 11.6. The number of amides is 1. The second kappa shape index (κ2) is 4.72. The van der Waals surface area contributed by atoms with Crippen LogP contribution in [0.2, 0.25) is 0 Å². The van der Waals surface area contributed by atoms with E-state index in [0.717, 1.165) is 31.7 Å². The molecule has 1 heterocycles. The van der Waals surface area contributed by atoms with E-state index in [1.165, 1.54) is 25.9 Å². The summed E-state index contributed by atoms with van der Waals surface area (Å²) >= 11 is 0. The van der Waals surface area contributed by atoms with Crippen LogP contribution in [0.15, 0.2) is 0 Å². The molecule has 1 aliphatic heterocycles. The zero-order valence-electron chi connectivity index (χ0n) is 10.2. The molecule has 0 radical (unpaired) electrons. The molecule has 1 aliphatic carbocycles. The van der Waals surface area contributed by atoms with Crippen LogP contribution in [0.3, 0.4) is 0 Å². The lowest BCUT2D eigenvalue weighted by molar-refractivity contribution is -0.123. The van der Waals surface area contributed by atoms with Crippen molar-refractivity contribution in [2.75, 3.05) is 26.7 Å². The molecular formula is C12H23N3O. The summed E-state index contributed by atoms with van der Waals surface area (Å²) in [7, 11) is 2.17. The molecule has 0 spiro atoms. The van der Waals surface area contributed by atoms with Crippen molar-refractivity contribution in [2.24, 2.45) is 11.7 Å². The van der Waals surface area contributed by atoms with E-state index in [1.807, 2.05) is 0 Å². The van der Waals surface area contributed by atoms with Crippen LogP contribution in [0.1, 0.15) is 32.1 Å². The van der Waals surface area contributed by atoms with E-state index in [0.29, 0.717) is 0 Å². The van der Waals surface area contributed by atoms with Gasteiger partial charge in [-0.25, -0.2) is 0 Å². The fraction of sp³-hybridized carbons (Fsp3) is 0.917. The molecule has 3 N–H and O–H groups in total. The summed E-state index contributed by atoms with van der Waals surface area (Å²) in [5, 5.41) is 2.97. The third-order valence-corrected chi connectivity index (χ3v) is 3.92. The predicted octanol–water partition coefficient (Wildman–Crippen LogP) is 0.326. The largest absolute Gasteiger partial charge is 0.354 e. The molecule has 16 heavy (non-hydrogen) atoms. The van der Waals surface area contributed by atoms with Crippen LogP contribution in [0.4, 0.5) is 0 Å². The Morgan fingerprint density at radius 2 is 2.06 bits per heavy atom. The van der Waals surface area contributed by atoms with E-state index < -0.39 is 5.54 Å². The van der Waals surface area contributed by atoms with Crippen molar-refractivity contribution in [1.82, 2.24) is 10.2 Å². The highest BCUT2D eigenvalue weighted by Gasteiger charge is 2.45. The average molecular weight is 225 g/mol. The van der Waals surface area contributed by atoms with Gasteiger partial charge in [0, 0.05) is 6.54 Å². The van der Waals surface area contributed by atoms with Crippen molar-refractivity contribution >= 4 is 5.91 Å². The summed E-state index contributed by atoms with van der Waals surface area (Å²) in [5.41, 5.74) is 5.30. The Labute approximate surface area is 97.6 Å². The lowest BCUT2D eigenvalue weighted by Crippen LogP contribution is -2.43. The monoisotopic (exact) mass is 225 g/mol. The number of carbonyl (C=O) groups is 1. The van der Waals surface area contributed by atoms with Gasteiger partial charge in [0.1, 0.15) is 0 Å². The molecule has 2 rings (SSSR count). The van der Waals surface area contributed by atoms with Crippen molar-refractivity contribution in [2.45, 2.75) is 37.6 Å². The maximum Gasteiger partial charge on any atom is 0.240 e. The summed E-state index contributed by atoms with van der Waals surface area (Å²) in [6.07, 6.45) is 5.34. The van der Waals surface area contributed by atoms with E-state index >= 15 is 0 Å². The maximum absolute atomic E-state index is 11.6. The topological polar surface area (TPSA) is 58.4 Å². The molecule has 0 bridgehead atoms. The predicted molar refractivity (Wildman–Crippen MR) is 64.0 cm³/mol. The summed E-state index contributed by atoms with van der Waals surface area (Å²) in [5.74, 6) is 0.838. The van der Waals surface area contributed by atoms with Gasteiger partial charge in [-0.3, -0.25) is 4.79 Å². The third-order valence-electron chi connectivity index (χ3n) is 3.92.